The van der Waals surface area contributed by atoms with Crippen LogP contribution in [0.2, 0.25) is 0 Å². The number of nitrogens with one attached hydrogen (secondary N) is 1. The molecule has 1 unspecified atom stereocenters. The summed E-state index contributed by atoms with van der Waals surface area (Å²) in [5, 5.41) is 3.36. The standard InChI is InChI=1S/C14H21F2NO/c1-3-9-17-11(2)6-5-10-18-13-8-4-7-12(15)14(13)16/h4,7-8,11,17H,3,5-6,9-10H2,1-2H3. The van der Waals surface area contributed by atoms with E-state index in [1.54, 1.807) is 0 Å². The van der Waals surface area contributed by atoms with Crippen LogP contribution in [0.5, 0.6) is 5.75 Å². The highest BCUT2D eigenvalue weighted by Crippen LogP contribution is 2.19. The van der Waals surface area contributed by atoms with Crippen molar-refractivity contribution < 1.29 is 13.5 Å². The Morgan fingerprint density at radius 1 is 1.33 bits per heavy atom. The van der Waals surface area contributed by atoms with Crippen LogP contribution in [-0.2, 0) is 0 Å². The Bertz CT molecular complexity index is 358. The largest absolute Gasteiger partial charge is 0.490 e. The van der Waals surface area contributed by atoms with Crippen LogP contribution in [0.3, 0.4) is 0 Å². The van der Waals surface area contributed by atoms with E-state index in [0.717, 1.165) is 31.9 Å². The van der Waals surface area contributed by atoms with Gasteiger partial charge in [-0.25, -0.2) is 4.39 Å². The van der Waals surface area contributed by atoms with Gasteiger partial charge in [0.05, 0.1) is 6.61 Å². The molecule has 1 atom stereocenters. The Labute approximate surface area is 107 Å². The zero-order valence-corrected chi connectivity index (χ0v) is 11.0. The zero-order chi connectivity index (χ0) is 13.4. The van der Waals surface area contributed by atoms with Crippen LogP contribution in [0, 0.1) is 11.6 Å². The lowest BCUT2D eigenvalue weighted by Crippen LogP contribution is -2.26. The van der Waals surface area contributed by atoms with Crippen molar-refractivity contribution in [2.75, 3.05) is 13.2 Å². The predicted octanol–water partition coefficient (Wildman–Crippen LogP) is 3.51. The fourth-order valence-electron chi connectivity index (χ4n) is 1.66. The summed E-state index contributed by atoms with van der Waals surface area (Å²) >= 11 is 0. The molecular weight excluding hydrogens is 236 g/mol. The molecule has 102 valence electrons. The highest BCUT2D eigenvalue weighted by Gasteiger charge is 2.08. The molecule has 1 N–H and O–H groups in total. The maximum absolute atomic E-state index is 13.2. The summed E-state index contributed by atoms with van der Waals surface area (Å²) < 4.78 is 31.4. The molecule has 0 aliphatic carbocycles. The Balaban J connectivity index is 2.23. The van der Waals surface area contributed by atoms with Gasteiger partial charge >= 0.3 is 0 Å². The monoisotopic (exact) mass is 257 g/mol. The predicted molar refractivity (Wildman–Crippen MR) is 68.8 cm³/mol. The molecule has 0 radical (unpaired) electrons. The molecule has 0 bridgehead atoms. The number of hydrogen-bond acceptors (Lipinski definition) is 2. The second-order valence-corrected chi connectivity index (χ2v) is 4.40. The Morgan fingerprint density at radius 3 is 2.83 bits per heavy atom. The molecule has 4 heteroatoms. The first-order valence-corrected chi connectivity index (χ1v) is 6.45. The van der Waals surface area contributed by atoms with Gasteiger partial charge in [0.1, 0.15) is 0 Å². The van der Waals surface area contributed by atoms with Gasteiger partial charge in [-0.15, -0.1) is 0 Å². The second-order valence-electron chi connectivity index (χ2n) is 4.40. The summed E-state index contributed by atoms with van der Waals surface area (Å²) in [4.78, 5) is 0. The third kappa shape index (κ3) is 5.00. The Hall–Kier alpha value is -1.16. The average Bonchev–Trinajstić information content (AvgIpc) is 2.37. The van der Waals surface area contributed by atoms with Crippen molar-refractivity contribution in [2.45, 2.75) is 39.2 Å². The van der Waals surface area contributed by atoms with Gasteiger partial charge in [-0.3, -0.25) is 0 Å². The number of ether oxygens (including phenoxy) is 1. The maximum Gasteiger partial charge on any atom is 0.200 e. The third-order valence-electron chi connectivity index (χ3n) is 2.70. The molecule has 0 aromatic heterocycles. The summed E-state index contributed by atoms with van der Waals surface area (Å²) in [5.41, 5.74) is 0. The molecule has 0 aliphatic rings. The minimum Gasteiger partial charge on any atom is -0.490 e. The number of rotatable bonds is 8. The van der Waals surface area contributed by atoms with Gasteiger partial charge in [-0.05, 0) is 44.9 Å². The number of benzene rings is 1. The van der Waals surface area contributed by atoms with E-state index in [9.17, 15) is 8.78 Å². The fourth-order valence-corrected chi connectivity index (χ4v) is 1.66. The van der Waals surface area contributed by atoms with Gasteiger partial charge in [0, 0.05) is 6.04 Å². The topological polar surface area (TPSA) is 21.3 Å². The van der Waals surface area contributed by atoms with Crippen molar-refractivity contribution in [3.05, 3.63) is 29.8 Å². The van der Waals surface area contributed by atoms with Crippen molar-refractivity contribution in [3.63, 3.8) is 0 Å². The smallest absolute Gasteiger partial charge is 0.200 e. The van der Waals surface area contributed by atoms with Gasteiger partial charge in [-0.1, -0.05) is 13.0 Å². The summed E-state index contributed by atoms with van der Waals surface area (Å²) in [6.07, 6.45) is 2.88. The molecule has 1 aromatic rings. The van der Waals surface area contributed by atoms with Crippen LogP contribution in [0.15, 0.2) is 18.2 Å². The first-order chi connectivity index (χ1) is 8.65. The van der Waals surface area contributed by atoms with Crippen LogP contribution in [0.1, 0.15) is 33.1 Å². The summed E-state index contributed by atoms with van der Waals surface area (Å²) in [7, 11) is 0. The molecule has 0 saturated heterocycles. The summed E-state index contributed by atoms with van der Waals surface area (Å²) in [6.45, 7) is 5.63. The van der Waals surface area contributed by atoms with Crippen LogP contribution >= 0.6 is 0 Å². The van der Waals surface area contributed by atoms with Crippen LogP contribution in [-0.4, -0.2) is 19.2 Å². The highest BCUT2D eigenvalue weighted by molar-refractivity contribution is 5.24. The van der Waals surface area contributed by atoms with Crippen molar-refractivity contribution >= 4 is 0 Å². The first kappa shape index (κ1) is 14.9. The van der Waals surface area contributed by atoms with Crippen molar-refractivity contribution in [1.29, 1.82) is 0 Å². The number of hydrogen-bond donors (Lipinski definition) is 1. The molecule has 0 fully saturated rings. The molecule has 18 heavy (non-hydrogen) atoms. The maximum atomic E-state index is 13.2. The van der Waals surface area contributed by atoms with E-state index in [2.05, 4.69) is 19.2 Å². The van der Waals surface area contributed by atoms with E-state index >= 15 is 0 Å². The minimum absolute atomic E-state index is 0.0100. The Morgan fingerprint density at radius 2 is 2.11 bits per heavy atom. The summed E-state index contributed by atoms with van der Waals surface area (Å²) in [6, 6.07) is 4.39. The van der Waals surface area contributed by atoms with Gasteiger partial charge in [0.25, 0.3) is 0 Å². The van der Waals surface area contributed by atoms with E-state index in [0.29, 0.717) is 12.6 Å². The quantitative estimate of drug-likeness (QED) is 0.719. The Kier molecular flexibility index (Phi) is 6.65. The first-order valence-electron chi connectivity index (χ1n) is 6.45. The van der Waals surface area contributed by atoms with Gasteiger partial charge < -0.3 is 10.1 Å². The molecule has 0 spiro atoms. The fraction of sp³-hybridized carbons (Fsp3) is 0.571. The van der Waals surface area contributed by atoms with Crippen molar-refractivity contribution in [1.82, 2.24) is 5.32 Å². The average molecular weight is 257 g/mol. The highest BCUT2D eigenvalue weighted by atomic mass is 19.2. The van der Waals surface area contributed by atoms with E-state index in [1.807, 2.05) is 0 Å². The van der Waals surface area contributed by atoms with E-state index in [-0.39, 0.29) is 5.75 Å². The lowest BCUT2D eigenvalue weighted by Gasteiger charge is -2.13. The minimum atomic E-state index is -0.908. The lowest BCUT2D eigenvalue weighted by atomic mass is 10.2. The number of halogens is 2. The summed E-state index contributed by atoms with van der Waals surface area (Å²) in [5.74, 6) is -1.79. The molecule has 0 heterocycles. The zero-order valence-electron chi connectivity index (χ0n) is 11.0. The van der Waals surface area contributed by atoms with Crippen LogP contribution < -0.4 is 10.1 Å². The molecule has 0 aliphatic heterocycles. The van der Waals surface area contributed by atoms with Crippen LogP contribution in [0.25, 0.3) is 0 Å². The third-order valence-corrected chi connectivity index (χ3v) is 2.70. The van der Waals surface area contributed by atoms with Crippen LogP contribution in [0.4, 0.5) is 8.78 Å². The van der Waals surface area contributed by atoms with Gasteiger partial charge in [0.15, 0.2) is 11.6 Å². The SMILES string of the molecule is CCCNC(C)CCCOc1cccc(F)c1F. The molecule has 2 nitrogen and oxygen atoms in total. The van der Waals surface area contributed by atoms with E-state index in [4.69, 9.17) is 4.74 Å². The second kappa shape index (κ2) is 8.03. The van der Waals surface area contributed by atoms with Crippen molar-refractivity contribution in [3.8, 4) is 5.75 Å². The van der Waals surface area contributed by atoms with Crippen molar-refractivity contribution in [2.24, 2.45) is 0 Å². The molecule has 0 saturated carbocycles. The molecule has 1 rings (SSSR count). The normalized spacial score (nSPS) is 12.4. The molecular formula is C14H21F2NO. The van der Waals surface area contributed by atoms with Gasteiger partial charge in [-0.2, -0.15) is 4.39 Å². The molecule has 1 aromatic carbocycles. The molecule has 0 amide bonds. The lowest BCUT2D eigenvalue weighted by molar-refractivity contribution is 0.280. The van der Waals surface area contributed by atoms with E-state index in [1.165, 1.54) is 12.1 Å². The van der Waals surface area contributed by atoms with E-state index < -0.39 is 11.6 Å². The van der Waals surface area contributed by atoms with Gasteiger partial charge in [0.2, 0.25) is 5.82 Å².